The summed E-state index contributed by atoms with van der Waals surface area (Å²) in [6.45, 7) is 6.04. The minimum atomic E-state index is 0.231. The van der Waals surface area contributed by atoms with Gasteiger partial charge in [0.1, 0.15) is 5.75 Å². The molecule has 2 rings (SSSR count). The molecule has 0 bridgehead atoms. The van der Waals surface area contributed by atoms with Crippen molar-refractivity contribution in [1.82, 2.24) is 5.32 Å². The summed E-state index contributed by atoms with van der Waals surface area (Å²) in [6.07, 6.45) is 2.26. The standard InChI is InChI=1S/C17H22BrNOS/c1-3-5-11-20-14-8-6-13(7-9-14)16(19-4-2)17-15(18)10-12-21-17/h6-10,12,16,19H,3-5,11H2,1-2H3. The van der Waals surface area contributed by atoms with Gasteiger partial charge in [0.15, 0.2) is 0 Å². The van der Waals surface area contributed by atoms with Crippen LogP contribution in [0, 0.1) is 0 Å². The monoisotopic (exact) mass is 367 g/mol. The second kappa shape index (κ2) is 8.57. The van der Waals surface area contributed by atoms with Gasteiger partial charge in [-0.2, -0.15) is 0 Å². The van der Waals surface area contributed by atoms with Crippen LogP contribution in [0.15, 0.2) is 40.2 Å². The van der Waals surface area contributed by atoms with E-state index in [0.717, 1.165) is 31.7 Å². The topological polar surface area (TPSA) is 21.3 Å². The highest BCUT2D eigenvalue weighted by atomic mass is 79.9. The second-order valence-corrected chi connectivity index (χ2v) is 6.70. The van der Waals surface area contributed by atoms with Crippen molar-refractivity contribution in [2.75, 3.05) is 13.2 Å². The lowest BCUT2D eigenvalue weighted by molar-refractivity contribution is 0.309. The third kappa shape index (κ3) is 4.56. The van der Waals surface area contributed by atoms with E-state index in [4.69, 9.17) is 4.74 Å². The number of nitrogens with one attached hydrogen (secondary N) is 1. The number of ether oxygens (including phenoxy) is 1. The van der Waals surface area contributed by atoms with E-state index < -0.39 is 0 Å². The first-order chi connectivity index (χ1) is 10.3. The van der Waals surface area contributed by atoms with Gasteiger partial charge >= 0.3 is 0 Å². The highest BCUT2D eigenvalue weighted by Gasteiger charge is 2.17. The summed E-state index contributed by atoms with van der Waals surface area (Å²) >= 11 is 5.41. The lowest BCUT2D eigenvalue weighted by Gasteiger charge is -2.18. The summed E-state index contributed by atoms with van der Waals surface area (Å²) in [5.74, 6) is 0.952. The van der Waals surface area contributed by atoms with Crippen molar-refractivity contribution in [1.29, 1.82) is 0 Å². The maximum absolute atomic E-state index is 5.73. The average molecular weight is 368 g/mol. The molecular weight excluding hydrogens is 346 g/mol. The van der Waals surface area contributed by atoms with Crippen molar-refractivity contribution < 1.29 is 4.74 Å². The molecular formula is C17H22BrNOS. The number of hydrogen-bond acceptors (Lipinski definition) is 3. The minimum Gasteiger partial charge on any atom is -0.494 e. The molecule has 1 heterocycles. The molecule has 0 aliphatic carbocycles. The molecule has 1 aromatic carbocycles. The van der Waals surface area contributed by atoms with Crippen molar-refractivity contribution >= 4 is 27.3 Å². The van der Waals surface area contributed by atoms with Crippen LogP contribution in [0.25, 0.3) is 0 Å². The molecule has 0 saturated heterocycles. The zero-order valence-electron chi connectivity index (χ0n) is 12.6. The zero-order valence-corrected chi connectivity index (χ0v) is 15.0. The van der Waals surface area contributed by atoms with Gasteiger partial charge in [-0.25, -0.2) is 0 Å². The largest absolute Gasteiger partial charge is 0.494 e. The van der Waals surface area contributed by atoms with Crippen LogP contribution in [-0.4, -0.2) is 13.2 Å². The van der Waals surface area contributed by atoms with Crippen LogP contribution in [0.2, 0.25) is 0 Å². The molecule has 0 spiro atoms. The Balaban J connectivity index is 2.12. The number of halogens is 1. The summed E-state index contributed by atoms with van der Waals surface area (Å²) < 4.78 is 6.90. The Morgan fingerprint density at radius 2 is 1.95 bits per heavy atom. The molecule has 0 radical (unpaired) electrons. The van der Waals surface area contributed by atoms with E-state index in [0.29, 0.717) is 0 Å². The molecule has 0 aliphatic rings. The zero-order chi connectivity index (χ0) is 15.1. The first kappa shape index (κ1) is 16.5. The summed E-state index contributed by atoms with van der Waals surface area (Å²) in [7, 11) is 0. The molecule has 0 amide bonds. The van der Waals surface area contributed by atoms with Gasteiger partial charge in [-0.15, -0.1) is 11.3 Å². The minimum absolute atomic E-state index is 0.231. The van der Waals surface area contributed by atoms with Crippen molar-refractivity contribution in [3.63, 3.8) is 0 Å². The Kier molecular flexibility index (Phi) is 6.74. The fraction of sp³-hybridized carbons (Fsp3) is 0.412. The van der Waals surface area contributed by atoms with Gasteiger partial charge in [-0.1, -0.05) is 32.4 Å². The van der Waals surface area contributed by atoms with Gasteiger partial charge in [0.2, 0.25) is 0 Å². The van der Waals surface area contributed by atoms with Crippen molar-refractivity contribution in [3.05, 3.63) is 50.6 Å². The number of thiophene rings is 1. The number of rotatable bonds is 8. The van der Waals surface area contributed by atoms with Crippen molar-refractivity contribution in [3.8, 4) is 5.75 Å². The summed E-state index contributed by atoms with van der Waals surface area (Å²) in [4.78, 5) is 1.32. The van der Waals surface area contributed by atoms with Crippen LogP contribution >= 0.6 is 27.3 Å². The Hall–Kier alpha value is -0.840. The first-order valence-corrected chi connectivity index (χ1v) is 9.12. The quantitative estimate of drug-likeness (QED) is 0.631. The fourth-order valence-corrected chi connectivity index (χ4v) is 3.87. The maximum atomic E-state index is 5.73. The molecule has 2 nitrogen and oxygen atoms in total. The molecule has 114 valence electrons. The van der Waals surface area contributed by atoms with E-state index in [1.165, 1.54) is 14.9 Å². The molecule has 1 N–H and O–H groups in total. The number of benzene rings is 1. The molecule has 1 unspecified atom stereocenters. The molecule has 0 fully saturated rings. The Labute approximate surface area is 139 Å². The van der Waals surface area contributed by atoms with Gasteiger partial charge < -0.3 is 10.1 Å². The van der Waals surface area contributed by atoms with Crippen LogP contribution in [0.4, 0.5) is 0 Å². The van der Waals surface area contributed by atoms with E-state index in [9.17, 15) is 0 Å². The third-order valence-electron chi connectivity index (χ3n) is 3.30. The average Bonchev–Trinajstić information content (AvgIpc) is 2.92. The first-order valence-electron chi connectivity index (χ1n) is 7.45. The molecule has 1 atom stereocenters. The van der Waals surface area contributed by atoms with Gasteiger partial charge in [0.05, 0.1) is 12.6 Å². The number of hydrogen-bond donors (Lipinski definition) is 1. The lowest BCUT2D eigenvalue weighted by Crippen LogP contribution is -2.21. The predicted molar refractivity (Wildman–Crippen MR) is 94.4 cm³/mol. The second-order valence-electron chi connectivity index (χ2n) is 4.89. The summed E-state index contributed by atoms with van der Waals surface area (Å²) in [5, 5.41) is 5.67. The van der Waals surface area contributed by atoms with Crippen LogP contribution in [0.5, 0.6) is 5.75 Å². The highest BCUT2D eigenvalue weighted by Crippen LogP contribution is 2.33. The van der Waals surface area contributed by atoms with Gasteiger partial charge in [-0.3, -0.25) is 0 Å². The molecule has 0 saturated carbocycles. The van der Waals surface area contributed by atoms with Gasteiger partial charge in [0, 0.05) is 9.35 Å². The SMILES string of the molecule is CCCCOc1ccc(C(NCC)c2sccc2Br)cc1. The Morgan fingerprint density at radius 1 is 1.19 bits per heavy atom. The summed E-state index contributed by atoms with van der Waals surface area (Å²) in [6, 6.07) is 10.8. The van der Waals surface area contributed by atoms with Crippen LogP contribution in [0.3, 0.4) is 0 Å². The van der Waals surface area contributed by atoms with Crippen LogP contribution < -0.4 is 10.1 Å². The molecule has 2 aromatic rings. The highest BCUT2D eigenvalue weighted by molar-refractivity contribution is 9.10. The third-order valence-corrected chi connectivity index (χ3v) is 5.23. The summed E-state index contributed by atoms with van der Waals surface area (Å²) in [5.41, 5.74) is 1.27. The van der Waals surface area contributed by atoms with Crippen LogP contribution in [-0.2, 0) is 0 Å². The molecule has 21 heavy (non-hydrogen) atoms. The van der Waals surface area contributed by atoms with Gasteiger partial charge in [-0.05, 0) is 58.0 Å². The van der Waals surface area contributed by atoms with Crippen LogP contribution in [0.1, 0.15) is 43.2 Å². The molecule has 0 aliphatic heterocycles. The van der Waals surface area contributed by atoms with Crippen molar-refractivity contribution in [2.45, 2.75) is 32.7 Å². The van der Waals surface area contributed by atoms with E-state index in [2.05, 4.69) is 70.8 Å². The predicted octanol–water partition coefficient (Wildman–Crippen LogP) is 5.39. The molecule has 1 aromatic heterocycles. The number of unbranched alkanes of at least 4 members (excludes halogenated alkanes) is 1. The fourth-order valence-electron chi connectivity index (χ4n) is 2.17. The van der Waals surface area contributed by atoms with Crippen molar-refractivity contribution in [2.24, 2.45) is 0 Å². The van der Waals surface area contributed by atoms with E-state index in [1.807, 2.05) is 0 Å². The normalized spacial score (nSPS) is 12.3. The smallest absolute Gasteiger partial charge is 0.119 e. The Bertz CT molecular complexity index is 538. The van der Waals surface area contributed by atoms with E-state index in [1.54, 1.807) is 11.3 Å². The van der Waals surface area contributed by atoms with Gasteiger partial charge in [0.25, 0.3) is 0 Å². The Morgan fingerprint density at radius 3 is 2.52 bits per heavy atom. The maximum Gasteiger partial charge on any atom is 0.119 e. The van der Waals surface area contributed by atoms with E-state index in [-0.39, 0.29) is 6.04 Å². The molecule has 4 heteroatoms. The van der Waals surface area contributed by atoms with E-state index >= 15 is 0 Å². The lowest BCUT2D eigenvalue weighted by atomic mass is 10.1.